The van der Waals surface area contributed by atoms with Gasteiger partial charge in [-0.1, -0.05) is 18.2 Å². The molecule has 2 aromatic carbocycles. The molecule has 2 heterocycles. The van der Waals surface area contributed by atoms with Gasteiger partial charge in [0.2, 0.25) is 5.91 Å². The molecule has 4 rings (SSSR count). The number of para-hydroxylation sites is 1. The quantitative estimate of drug-likeness (QED) is 0.560. The summed E-state index contributed by atoms with van der Waals surface area (Å²) < 4.78 is 6.97. The van der Waals surface area contributed by atoms with E-state index in [0.717, 1.165) is 5.69 Å². The molecule has 0 aliphatic heterocycles. The van der Waals surface area contributed by atoms with Crippen LogP contribution in [-0.4, -0.2) is 21.6 Å². The van der Waals surface area contributed by atoms with Gasteiger partial charge in [-0.2, -0.15) is 5.10 Å². The predicted molar refractivity (Wildman–Crippen MR) is 104 cm³/mol. The number of nitrogens with two attached hydrogens (primary N) is 1. The number of furan rings is 1. The van der Waals surface area contributed by atoms with Crippen molar-refractivity contribution < 1.29 is 14.0 Å². The highest BCUT2D eigenvalue weighted by atomic mass is 16.3. The fraction of sp³-hybridized carbons (Fsp3) is 0. The summed E-state index contributed by atoms with van der Waals surface area (Å²) in [6.45, 7) is 0. The highest BCUT2D eigenvalue weighted by Gasteiger charge is 2.19. The van der Waals surface area contributed by atoms with Gasteiger partial charge in [-0.3, -0.25) is 9.59 Å². The number of rotatable bonds is 5. The van der Waals surface area contributed by atoms with Gasteiger partial charge < -0.3 is 15.5 Å². The van der Waals surface area contributed by atoms with Crippen LogP contribution < -0.4 is 11.1 Å². The number of nitrogens with zero attached hydrogens (tertiary/aromatic N) is 2. The fourth-order valence-corrected chi connectivity index (χ4v) is 2.77. The minimum Gasteiger partial charge on any atom is -0.463 e. The van der Waals surface area contributed by atoms with Gasteiger partial charge in [0.25, 0.3) is 5.91 Å². The standard InChI is InChI=1S/C21H16N4O3/c22-20(26)14-8-10-15(11-9-14)23-21(27)18-13-17(19-7-4-12-28-19)24-25(18)16-5-2-1-3-6-16/h1-13H,(H2,22,26)(H,23,27). The van der Waals surface area contributed by atoms with Crippen molar-refractivity contribution in [2.24, 2.45) is 5.73 Å². The lowest BCUT2D eigenvalue weighted by atomic mass is 10.2. The molecular weight excluding hydrogens is 356 g/mol. The van der Waals surface area contributed by atoms with Crippen molar-refractivity contribution in [3.8, 4) is 17.1 Å². The van der Waals surface area contributed by atoms with E-state index in [9.17, 15) is 9.59 Å². The number of carbonyl (C=O) groups excluding carboxylic acids is 2. The van der Waals surface area contributed by atoms with Gasteiger partial charge in [-0.15, -0.1) is 0 Å². The smallest absolute Gasteiger partial charge is 0.274 e. The molecule has 0 spiro atoms. The number of anilines is 1. The molecular formula is C21H16N4O3. The maximum Gasteiger partial charge on any atom is 0.274 e. The molecule has 4 aromatic rings. The molecule has 3 N–H and O–H groups in total. The molecule has 138 valence electrons. The van der Waals surface area contributed by atoms with Gasteiger partial charge in [-0.25, -0.2) is 4.68 Å². The number of nitrogens with one attached hydrogen (secondary N) is 1. The molecule has 28 heavy (non-hydrogen) atoms. The molecule has 0 saturated heterocycles. The van der Waals surface area contributed by atoms with Crippen LogP contribution in [0.1, 0.15) is 20.8 Å². The van der Waals surface area contributed by atoms with Crippen molar-refractivity contribution in [1.82, 2.24) is 9.78 Å². The summed E-state index contributed by atoms with van der Waals surface area (Å²) in [6, 6.07) is 20.9. The number of aromatic nitrogens is 2. The van der Waals surface area contributed by atoms with E-state index in [1.807, 2.05) is 30.3 Å². The Kier molecular flexibility index (Phi) is 4.47. The largest absolute Gasteiger partial charge is 0.463 e. The average Bonchev–Trinajstić information content (AvgIpc) is 3.39. The lowest BCUT2D eigenvalue weighted by molar-refractivity contribution is 0.0997. The third kappa shape index (κ3) is 3.41. The number of primary amides is 1. The third-order valence-corrected chi connectivity index (χ3v) is 4.14. The van der Waals surface area contributed by atoms with E-state index in [1.165, 1.54) is 0 Å². The molecule has 0 unspecified atom stereocenters. The van der Waals surface area contributed by atoms with Crippen LogP contribution in [0.2, 0.25) is 0 Å². The number of hydrogen-bond acceptors (Lipinski definition) is 4. The zero-order valence-corrected chi connectivity index (χ0v) is 14.7. The Morgan fingerprint density at radius 2 is 1.71 bits per heavy atom. The molecule has 0 saturated carbocycles. The van der Waals surface area contributed by atoms with Crippen molar-refractivity contribution in [3.63, 3.8) is 0 Å². The Bertz CT molecular complexity index is 1110. The SMILES string of the molecule is NC(=O)c1ccc(NC(=O)c2cc(-c3ccco3)nn2-c2ccccc2)cc1. The first kappa shape index (κ1) is 17.3. The Labute approximate surface area is 160 Å². The third-order valence-electron chi connectivity index (χ3n) is 4.14. The molecule has 0 fully saturated rings. The molecule has 0 radical (unpaired) electrons. The molecule has 2 amide bonds. The van der Waals surface area contributed by atoms with Crippen molar-refractivity contribution >= 4 is 17.5 Å². The summed E-state index contributed by atoms with van der Waals surface area (Å²) in [7, 11) is 0. The molecule has 7 nitrogen and oxygen atoms in total. The van der Waals surface area contributed by atoms with Crippen molar-refractivity contribution in [1.29, 1.82) is 0 Å². The first-order valence-electron chi connectivity index (χ1n) is 8.52. The monoisotopic (exact) mass is 372 g/mol. The number of benzene rings is 2. The van der Waals surface area contributed by atoms with Crippen molar-refractivity contribution in [2.45, 2.75) is 0 Å². The average molecular weight is 372 g/mol. The maximum atomic E-state index is 12.9. The summed E-state index contributed by atoms with van der Waals surface area (Å²) in [5.74, 6) is -0.307. The Morgan fingerprint density at radius 1 is 0.964 bits per heavy atom. The maximum absolute atomic E-state index is 12.9. The minimum atomic E-state index is -0.525. The molecule has 0 aliphatic rings. The molecule has 2 aromatic heterocycles. The highest BCUT2D eigenvalue weighted by Crippen LogP contribution is 2.23. The summed E-state index contributed by atoms with van der Waals surface area (Å²) in [5.41, 5.74) is 7.78. The fourth-order valence-electron chi connectivity index (χ4n) is 2.77. The number of carbonyl (C=O) groups is 2. The van der Waals surface area contributed by atoms with E-state index in [1.54, 1.807) is 53.4 Å². The minimum absolute atomic E-state index is 0.344. The second kappa shape index (κ2) is 7.24. The van der Waals surface area contributed by atoms with Gasteiger partial charge >= 0.3 is 0 Å². The van der Waals surface area contributed by atoms with E-state index in [2.05, 4.69) is 10.4 Å². The van der Waals surface area contributed by atoms with Crippen LogP contribution in [0.3, 0.4) is 0 Å². The first-order valence-corrected chi connectivity index (χ1v) is 8.52. The van der Waals surface area contributed by atoms with Gasteiger partial charge in [0, 0.05) is 17.3 Å². The summed E-state index contributed by atoms with van der Waals surface area (Å²) in [6.07, 6.45) is 1.55. The second-order valence-corrected chi connectivity index (χ2v) is 6.04. The van der Waals surface area contributed by atoms with Crippen LogP contribution in [0.25, 0.3) is 17.1 Å². The lowest BCUT2D eigenvalue weighted by Gasteiger charge is -2.08. The first-order chi connectivity index (χ1) is 13.6. The second-order valence-electron chi connectivity index (χ2n) is 6.04. The van der Waals surface area contributed by atoms with E-state index in [4.69, 9.17) is 10.2 Å². The zero-order valence-electron chi connectivity index (χ0n) is 14.7. The van der Waals surface area contributed by atoms with E-state index < -0.39 is 5.91 Å². The van der Waals surface area contributed by atoms with Crippen LogP contribution in [-0.2, 0) is 0 Å². The zero-order chi connectivity index (χ0) is 19.5. The predicted octanol–water partition coefficient (Wildman–Crippen LogP) is 3.48. The Balaban J connectivity index is 1.69. The van der Waals surface area contributed by atoms with Gasteiger partial charge in [-0.05, 0) is 48.5 Å². The molecule has 0 aliphatic carbocycles. The summed E-state index contributed by atoms with van der Waals surface area (Å²) >= 11 is 0. The number of amides is 2. The van der Waals surface area contributed by atoms with Crippen LogP contribution >= 0.6 is 0 Å². The van der Waals surface area contributed by atoms with Crippen LogP contribution in [0.5, 0.6) is 0 Å². The van der Waals surface area contributed by atoms with Crippen molar-refractivity contribution in [2.75, 3.05) is 5.32 Å². The normalized spacial score (nSPS) is 10.6. The molecule has 0 atom stereocenters. The van der Waals surface area contributed by atoms with E-state index >= 15 is 0 Å². The Hall–Kier alpha value is -4.13. The Morgan fingerprint density at radius 3 is 2.36 bits per heavy atom. The van der Waals surface area contributed by atoms with E-state index in [0.29, 0.717) is 28.4 Å². The number of hydrogen-bond donors (Lipinski definition) is 2. The van der Waals surface area contributed by atoms with E-state index in [-0.39, 0.29) is 5.91 Å². The van der Waals surface area contributed by atoms with Crippen molar-refractivity contribution in [3.05, 3.63) is 90.3 Å². The van der Waals surface area contributed by atoms with Gasteiger partial charge in [0.1, 0.15) is 11.4 Å². The van der Waals surface area contributed by atoms with Crippen LogP contribution in [0.4, 0.5) is 5.69 Å². The molecule has 0 bridgehead atoms. The lowest BCUT2D eigenvalue weighted by Crippen LogP contribution is -2.17. The summed E-state index contributed by atoms with van der Waals surface area (Å²) in [5, 5.41) is 7.33. The topological polar surface area (TPSA) is 103 Å². The molecule has 7 heteroatoms. The highest BCUT2D eigenvalue weighted by molar-refractivity contribution is 6.04. The van der Waals surface area contributed by atoms with Gasteiger partial charge in [0.15, 0.2) is 5.76 Å². The van der Waals surface area contributed by atoms with Crippen LogP contribution in [0, 0.1) is 0 Å². The van der Waals surface area contributed by atoms with Crippen LogP contribution in [0.15, 0.2) is 83.5 Å². The summed E-state index contributed by atoms with van der Waals surface area (Å²) in [4.78, 5) is 24.1. The van der Waals surface area contributed by atoms with Gasteiger partial charge in [0.05, 0.1) is 12.0 Å².